The molecule has 0 aliphatic rings. The minimum absolute atomic E-state index is 0.0696. The second-order valence-electron chi connectivity index (χ2n) is 5.75. The van der Waals surface area contributed by atoms with Gasteiger partial charge in [-0.05, 0) is 19.1 Å². The summed E-state index contributed by atoms with van der Waals surface area (Å²) in [7, 11) is -1.61. The summed E-state index contributed by atoms with van der Waals surface area (Å²) >= 11 is 12.0. The highest BCUT2D eigenvalue weighted by atomic mass is 35.5. The molecule has 2 aromatic rings. The number of aromatic nitrogens is 2. The maximum absolute atomic E-state index is 12.9. The van der Waals surface area contributed by atoms with Crippen molar-refractivity contribution < 1.29 is 22.2 Å². The van der Waals surface area contributed by atoms with E-state index in [0.717, 1.165) is 4.68 Å². The Morgan fingerprint density at radius 2 is 1.90 bits per heavy atom. The van der Waals surface area contributed by atoms with Crippen LogP contribution in [-0.4, -0.2) is 32.0 Å². The van der Waals surface area contributed by atoms with Crippen molar-refractivity contribution in [3.05, 3.63) is 51.8 Å². The molecule has 0 spiro atoms. The van der Waals surface area contributed by atoms with Crippen LogP contribution in [0.1, 0.15) is 18.2 Å². The summed E-state index contributed by atoms with van der Waals surface area (Å²) in [6.45, 7) is 4.89. The van der Waals surface area contributed by atoms with Gasteiger partial charge in [0, 0.05) is 18.0 Å². The number of amides is 1. The summed E-state index contributed by atoms with van der Waals surface area (Å²) in [5.74, 6) is -0.886. The number of nitrogens with one attached hydrogen (secondary N) is 1. The number of nitrogens with two attached hydrogens (primary N) is 1. The number of rotatable bonds is 5. The Kier molecular flexibility index (Phi) is 6.76. The first-order valence-corrected chi connectivity index (χ1v) is 9.93. The lowest BCUT2D eigenvalue weighted by molar-refractivity contribution is -0.137. The zero-order valence-corrected chi connectivity index (χ0v) is 17.3. The summed E-state index contributed by atoms with van der Waals surface area (Å²) in [5, 5.41) is 7.08. The van der Waals surface area contributed by atoms with E-state index < -0.39 is 28.4 Å². The Morgan fingerprint density at radius 1 is 1.34 bits per heavy atom. The van der Waals surface area contributed by atoms with Gasteiger partial charge < -0.3 is 5.73 Å². The largest absolute Gasteiger partial charge is 0.416 e. The van der Waals surface area contributed by atoms with E-state index in [4.69, 9.17) is 28.9 Å². The number of hydrazone groups is 1. The van der Waals surface area contributed by atoms with Crippen LogP contribution in [-0.2, 0) is 21.8 Å². The van der Waals surface area contributed by atoms with Gasteiger partial charge in [0.2, 0.25) is 0 Å². The maximum atomic E-state index is 12.9. The number of hydrogen-bond donors (Lipinski definition) is 2. The van der Waals surface area contributed by atoms with E-state index >= 15 is 0 Å². The van der Waals surface area contributed by atoms with Crippen LogP contribution in [0.25, 0.3) is 5.69 Å². The van der Waals surface area contributed by atoms with Gasteiger partial charge in [0.05, 0.1) is 31.3 Å². The van der Waals surface area contributed by atoms with E-state index in [0.29, 0.717) is 12.1 Å². The molecule has 7 nitrogen and oxygen atoms in total. The fourth-order valence-corrected chi connectivity index (χ4v) is 3.39. The van der Waals surface area contributed by atoms with Crippen LogP contribution in [0, 0.1) is 0 Å². The van der Waals surface area contributed by atoms with Crippen LogP contribution in [0.15, 0.2) is 40.5 Å². The standard InChI is InChI=1S/C16H14Cl2F3N5O2S/c1-7(2)15(27)24-23-14(22)12-11(29(3)28)6-26(25-12)13-9(17)4-8(5-10(13)18)16(19,20)21/h4-6H,1H2,2-3H3,(H2,22,23)(H,24,27). The lowest BCUT2D eigenvalue weighted by Gasteiger charge is -2.12. The number of carbonyl (C=O) groups is 1. The van der Waals surface area contributed by atoms with Crippen LogP contribution < -0.4 is 11.2 Å². The minimum Gasteiger partial charge on any atom is -0.380 e. The van der Waals surface area contributed by atoms with Gasteiger partial charge in [0.25, 0.3) is 5.91 Å². The van der Waals surface area contributed by atoms with Crippen molar-refractivity contribution in [2.75, 3.05) is 6.26 Å². The molecule has 13 heteroatoms. The summed E-state index contributed by atoms with van der Waals surface area (Å²) < 4.78 is 51.8. The first kappa shape index (κ1) is 22.9. The number of alkyl halides is 3. The Hall–Kier alpha value is -2.37. The summed E-state index contributed by atoms with van der Waals surface area (Å²) in [6, 6.07) is 1.38. The van der Waals surface area contributed by atoms with Gasteiger partial charge >= 0.3 is 6.18 Å². The number of nitrogens with zero attached hydrogens (tertiary/aromatic N) is 3. The zero-order chi connectivity index (χ0) is 22.1. The number of halogens is 5. The first-order valence-electron chi connectivity index (χ1n) is 7.62. The summed E-state index contributed by atoms with van der Waals surface area (Å²) in [4.78, 5) is 11.6. The Bertz CT molecular complexity index is 1030. The molecule has 156 valence electrons. The topological polar surface area (TPSA) is 102 Å². The molecule has 0 saturated heterocycles. The molecule has 0 aliphatic carbocycles. The average molecular weight is 468 g/mol. The van der Waals surface area contributed by atoms with Gasteiger partial charge in [-0.3, -0.25) is 9.00 Å². The van der Waals surface area contributed by atoms with Crippen LogP contribution >= 0.6 is 23.2 Å². The lowest BCUT2D eigenvalue weighted by Crippen LogP contribution is -2.25. The molecular formula is C16H14Cl2F3N5O2S. The van der Waals surface area contributed by atoms with E-state index in [2.05, 4.69) is 22.2 Å². The van der Waals surface area contributed by atoms with Crippen molar-refractivity contribution in [3.8, 4) is 5.69 Å². The van der Waals surface area contributed by atoms with Crippen molar-refractivity contribution in [3.63, 3.8) is 0 Å². The second-order valence-corrected chi connectivity index (χ2v) is 7.91. The molecule has 29 heavy (non-hydrogen) atoms. The molecule has 1 atom stereocenters. The number of amidine groups is 1. The molecule has 1 aromatic heterocycles. The van der Waals surface area contributed by atoms with Gasteiger partial charge in [-0.1, -0.05) is 29.8 Å². The molecular weight excluding hydrogens is 454 g/mol. The molecule has 0 radical (unpaired) electrons. The van der Waals surface area contributed by atoms with Gasteiger partial charge in [-0.2, -0.15) is 23.4 Å². The van der Waals surface area contributed by atoms with Gasteiger partial charge in [0.15, 0.2) is 5.84 Å². The van der Waals surface area contributed by atoms with Crippen molar-refractivity contribution in [2.45, 2.75) is 18.0 Å². The number of hydrogen-bond acceptors (Lipinski definition) is 4. The highest BCUT2D eigenvalue weighted by Gasteiger charge is 2.32. The van der Waals surface area contributed by atoms with Crippen LogP contribution in [0.3, 0.4) is 0 Å². The van der Waals surface area contributed by atoms with Crippen LogP contribution in [0.5, 0.6) is 0 Å². The molecule has 0 aliphatic heterocycles. The van der Waals surface area contributed by atoms with Crippen LogP contribution in [0.2, 0.25) is 10.0 Å². The van der Waals surface area contributed by atoms with Crippen molar-refractivity contribution in [2.24, 2.45) is 10.8 Å². The highest BCUT2D eigenvalue weighted by Crippen LogP contribution is 2.37. The maximum Gasteiger partial charge on any atom is 0.416 e. The quantitative estimate of drug-likeness (QED) is 0.305. The molecule has 1 unspecified atom stereocenters. The van der Waals surface area contributed by atoms with E-state index in [1.54, 1.807) is 0 Å². The van der Waals surface area contributed by atoms with Gasteiger partial charge in [0.1, 0.15) is 11.4 Å². The fourth-order valence-electron chi connectivity index (χ4n) is 2.07. The second kappa shape index (κ2) is 8.56. The SMILES string of the molecule is C=C(C)C(=O)NN=C(N)c1nn(-c2c(Cl)cc(C(F)(F)F)cc2Cl)cc1S(C)=O. The molecule has 1 aromatic carbocycles. The third-order valence-electron chi connectivity index (χ3n) is 3.47. The van der Waals surface area contributed by atoms with E-state index in [1.807, 2.05) is 0 Å². The Morgan fingerprint density at radius 3 is 2.34 bits per heavy atom. The van der Waals surface area contributed by atoms with Crippen molar-refractivity contribution in [1.29, 1.82) is 0 Å². The molecule has 0 bridgehead atoms. The molecule has 1 heterocycles. The summed E-state index contributed by atoms with van der Waals surface area (Å²) in [5.41, 5.74) is 6.95. The molecule has 0 fully saturated rings. The van der Waals surface area contributed by atoms with E-state index in [1.165, 1.54) is 19.4 Å². The molecule has 3 N–H and O–H groups in total. The van der Waals surface area contributed by atoms with E-state index in [9.17, 15) is 22.2 Å². The normalized spacial score (nSPS) is 13.3. The molecule has 2 rings (SSSR count). The number of carbonyl (C=O) groups excluding carboxylic acids is 1. The van der Waals surface area contributed by atoms with Crippen molar-refractivity contribution >= 4 is 45.7 Å². The Balaban J connectivity index is 2.56. The van der Waals surface area contributed by atoms with E-state index in [-0.39, 0.29) is 37.7 Å². The summed E-state index contributed by atoms with van der Waals surface area (Å²) in [6.07, 6.45) is -2.06. The number of benzene rings is 1. The smallest absolute Gasteiger partial charge is 0.380 e. The first-order chi connectivity index (χ1) is 13.3. The van der Waals surface area contributed by atoms with Crippen LogP contribution in [0.4, 0.5) is 13.2 Å². The predicted octanol–water partition coefficient (Wildman–Crippen LogP) is 3.25. The van der Waals surface area contributed by atoms with Gasteiger partial charge in [-0.15, -0.1) is 0 Å². The third-order valence-corrected chi connectivity index (χ3v) is 4.97. The molecule has 0 saturated carbocycles. The minimum atomic E-state index is -4.64. The van der Waals surface area contributed by atoms with Crippen molar-refractivity contribution in [1.82, 2.24) is 15.2 Å². The highest BCUT2D eigenvalue weighted by molar-refractivity contribution is 7.84. The predicted molar refractivity (Wildman–Crippen MR) is 105 cm³/mol. The monoisotopic (exact) mass is 467 g/mol. The van der Waals surface area contributed by atoms with Gasteiger partial charge in [-0.25, -0.2) is 10.1 Å². The molecule has 1 amide bonds. The third kappa shape index (κ3) is 5.17. The average Bonchev–Trinajstić information content (AvgIpc) is 3.03. The zero-order valence-electron chi connectivity index (χ0n) is 15.0. The Labute approximate surface area is 175 Å². The lowest BCUT2D eigenvalue weighted by atomic mass is 10.2. The fraction of sp³-hybridized carbons (Fsp3) is 0.188.